The summed E-state index contributed by atoms with van der Waals surface area (Å²) in [5.41, 5.74) is 2.32. The molecule has 0 unspecified atom stereocenters. The maximum absolute atomic E-state index is 11.2. The van der Waals surface area contributed by atoms with E-state index in [1.54, 1.807) is 28.8 Å². The maximum atomic E-state index is 11.2. The molecule has 0 atom stereocenters. The number of aromatic nitrogens is 2. The van der Waals surface area contributed by atoms with Gasteiger partial charge in [-0.15, -0.1) is 0 Å². The Morgan fingerprint density at radius 3 is 2.86 bits per heavy atom. The van der Waals surface area contributed by atoms with Crippen molar-refractivity contribution < 1.29 is 9.90 Å². The molecular formula is C15H8BrN3O2. The number of carbonyl (C=O) groups is 1. The van der Waals surface area contributed by atoms with E-state index in [1.807, 2.05) is 6.07 Å². The molecule has 5 nitrogen and oxygen atoms in total. The van der Waals surface area contributed by atoms with Gasteiger partial charge >= 0.3 is 5.97 Å². The van der Waals surface area contributed by atoms with Crippen LogP contribution in [0.3, 0.4) is 0 Å². The first-order chi connectivity index (χ1) is 10.1. The number of aromatic carboxylic acids is 1. The number of benzene rings is 2. The van der Waals surface area contributed by atoms with Gasteiger partial charge in [-0.3, -0.25) is 4.57 Å². The Balaban J connectivity index is 2.31. The Morgan fingerprint density at radius 1 is 1.33 bits per heavy atom. The molecule has 0 amide bonds. The van der Waals surface area contributed by atoms with Crippen LogP contribution in [-0.2, 0) is 0 Å². The van der Waals surface area contributed by atoms with Crippen molar-refractivity contribution in [3.8, 4) is 11.8 Å². The van der Waals surface area contributed by atoms with E-state index in [2.05, 4.69) is 27.0 Å². The van der Waals surface area contributed by atoms with Crippen molar-refractivity contribution in [2.75, 3.05) is 0 Å². The smallest absolute Gasteiger partial charge is 0.337 e. The third-order valence-electron chi connectivity index (χ3n) is 3.15. The fourth-order valence-corrected chi connectivity index (χ4v) is 2.57. The molecule has 3 rings (SSSR count). The Morgan fingerprint density at radius 2 is 2.14 bits per heavy atom. The molecule has 21 heavy (non-hydrogen) atoms. The second-order valence-electron chi connectivity index (χ2n) is 4.37. The molecule has 0 spiro atoms. The number of hydrogen-bond donors (Lipinski definition) is 1. The van der Waals surface area contributed by atoms with Crippen LogP contribution >= 0.6 is 15.9 Å². The van der Waals surface area contributed by atoms with E-state index in [1.165, 1.54) is 12.4 Å². The van der Waals surface area contributed by atoms with Gasteiger partial charge in [0.25, 0.3) is 0 Å². The SMILES string of the molecule is N#Cc1cc(Br)ccc1-n1cnc2c(C(=O)O)cccc21. The summed E-state index contributed by atoms with van der Waals surface area (Å²) in [6.45, 7) is 0. The van der Waals surface area contributed by atoms with Gasteiger partial charge in [-0.2, -0.15) is 5.26 Å². The molecule has 6 heteroatoms. The number of para-hydroxylation sites is 1. The summed E-state index contributed by atoms with van der Waals surface area (Å²) < 4.78 is 2.52. The van der Waals surface area contributed by atoms with Crippen LogP contribution in [0.5, 0.6) is 0 Å². The zero-order valence-corrected chi connectivity index (χ0v) is 12.2. The van der Waals surface area contributed by atoms with Gasteiger partial charge < -0.3 is 5.11 Å². The van der Waals surface area contributed by atoms with Gasteiger partial charge in [0, 0.05) is 4.47 Å². The quantitative estimate of drug-likeness (QED) is 0.775. The average molecular weight is 342 g/mol. The highest BCUT2D eigenvalue weighted by atomic mass is 79.9. The van der Waals surface area contributed by atoms with Gasteiger partial charge in [0.15, 0.2) is 0 Å². The van der Waals surface area contributed by atoms with Crippen LogP contribution in [0.1, 0.15) is 15.9 Å². The number of imidazole rings is 1. The van der Waals surface area contributed by atoms with Crippen LogP contribution in [0.4, 0.5) is 0 Å². The molecule has 0 radical (unpaired) electrons. The summed E-state index contributed by atoms with van der Waals surface area (Å²) >= 11 is 3.33. The van der Waals surface area contributed by atoms with Gasteiger partial charge in [0.1, 0.15) is 17.9 Å². The molecule has 0 bridgehead atoms. The molecule has 1 heterocycles. The molecule has 102 valence electrons. The Bertz CT molecular complexity index is 909. The Hall–Kier alpha value is -2.65. The van der Waals surface area contributed by atoms with E-state index in [4.69, 9.17) is 0 Å². The molecule has 2 aromatic carbocycles. The lowest BCUT2D eigenvalue weighted by atomic mass is 10.1. The molecule has 1 N–H and O–H groups in total. The number of carboxylic acids is 1. The van der Waals surface area contributed by atoms with E-state index >= 15 is 0 Å². The molecule has 1 aromatic heterocycles. The van der Waals surface area contributed by atoms with Crippen molar-refractivity contribution in [3.05, 3.63) is 58.3 Å². The third kappa shape index (κ3) is 2.18. The van der Waals surface area contributed by atoms with Crippen molar-refractivity contribution in [2.45, 2.75) is 0 Å². The van der Waals surface area contributed by atoms with Crippen molar-refractivity contribution in [3.63, 3.8) is 0 Å². The molecule has 0 aliphatic heterocycles. The predicted octanol–water partition coefficient (Wildman–Crippen LogP) is 3.36. The average Bonchev–Trinajstić information content (AvgIpc) is 2.90. The molecule has 0 fully saturated rings. The van der Waals surface area contributed by atoms with E-state index in [-0.39, 0.29) is 5.56 Å². The monoisotopic (exact) mass is 341 g/mol. The van der Waals surface area contributed by atoms with Gasteiger partial charge in [0.05, 0.1) is 22.3 Å². The lowest BCUT2D eigenvalue weighted by Crippen LogP contribution is -1.99. The first-order valence-corrected chi connectivity index (χ1v) is 6.80. The topological polar surface area (TPSA) is 78.9 Å². The largest absolute Gasteiger partial charge is 0.478 e. The van der Waals surface area contributed by atoms with Crippen LogP contribution in [-0.4, -0.2) is 20.6 Å². The lowest BCUT2D eigenvalue weighted by Gasteiger charge is -2.07. The van der Waals surface area contributed by atoms with Crippen molar-refractivity contribution in [1.29, 1.82) is 5.26 Å². The summed E-state index contributed by atoms with van der Waals surface area (Å²) in [5, 5.41) is 18.4. The Kier molecular flexibility index (Phi) is 3.20. The summed E-state index contributed by atoms with van der Waals surface area (Å²) in [4.78, 5) is 15.4. The van der Waals surface area contributed by atoms with Crippen LogP contribution in [0, 0.1) is 11.3 Å². The number of carboxylic acid groups (broad SMARTS) is 1. The zero-order chi connectivity index (χ0) is 15.0. The van der Waals surface area contributed by atoms with Gasteiger partial charge in [-0.05, 0) is 30.3 Å². The summed E-state index contributed by atoms with van der Waals surface area (Å²) in [5.74, 6) is -1.03. The van der Waals surface area contributed by atoms with E-state index in [9.17, 15) is 15.2 Å². The first-order valence-electron chi connectivity index (χ1n) is 6.01. The first kappa shape index (κ1) is 13.3. The van der Waals surface area contributed by atoms with Gasteiger partial charge in [0.2, 0.25) is 0 Å². The predicted molar refractivity (Wildman–Crippen MR) is 80.4 cm³/mol. The minimum atomic E-state index is -1.03. The van der Waals surface area contributed by atoms with Crippen LogP contribution in [0.2, 0.25) is 0 Å². The van der Waals surface area contributed by atoms with Crippen molar-refractivity contribution in [1.82, 2.24) is 9.55 Å². The Labute approximate surface area is 128 Å². The lowest BCUT2D eigenvalue weighted by molar-refractivity contribution is 0.0699. The summed E-state index contributed by atoms with van der Waals surface area (Å²) in [6, 6.07) is 12.4. The second kappa shape index (κ2) is 5.04. The van der Waals surface area contributed by atoms with Crippen molar-refractivity contribution in [2.24, 2.45) is 0 Å². The van der Waals surface area contributed by atoms with Crippen LogP contribution in [0.15, 0.2) is 47.2 Å². The van der Waals surface area contributed by atoms with Gasteiger partial charge in [-0.1, -0.05) is 22.0 Å². The van der Waals surface area contributed by atoms with Crippen LogP contribution in [0.25, 0.3) is 16.7 Å². The fraction of sp³-hybridized carbons (Fsp3) is 0. The molecule has 0 aliphatic rings. The minimum absolute atomic E-state index is 0.141. The minimum Gasteiger partial charge on any atom is -0.478 e. The molecule has 0 saturated heterocycles. The fourth-order valence-electron chi connectivity index (χ4n) is 2.21. The molecule has 3 aromatic rings. The van der Waals surface area contributed by atoms with E-state index in [0.717, 1.165) is 4.47 Å². The summed E-state index contributed by atoms with van der Waals surface area (Å²) in [6.07, 6.45) is 1.53. The second-order valence-corrected chi connectivity index (χ2v) is 5.28. The van der Waals surface area contributed by atoms with E-state index in [0.29, 0.717) is 22.3 Å². The molecule has 0 aliphatic carbocycles. The maximum Gasteiger partial charge on any atom is 0.337 e. The standard InChI is InChI=1S/C15H8BrN3O2/c16-10-4-5-12(9(6-10)7-17)19-8-18-14-11(15(20)21)2-1-3-13(14)19/h1-6,8H,(H,20,21). The molecular weight excluding hydrogens is 334 g/mol. The van der Waals surface area contributed by atoms with Gasteiger partial charge in [-0.25, -0.2) is 9.78 Å². The van der Waals surface area contributed by atoms with Crippen molar-refractivity contribution >= 4 is 32.9 Å². The normalized spacial score (nSPS) is 10.5. The highest BCUT2D eigenvalue weighted by molar-refractivity contribution is 9.10. The summed E-state index contributed by atoms with van der Waals surface area (Å²) in [7, 11) is 0. The number of nitriles is 1. The van der Waals surface area contributed by atoms with E-state index < -0.39 is 5.97 Å². The van der Waals surface area contributed by atoms with Crippen LogP contribution < -0.4 is 0 Å². The third-order valence-corrected chi connectivity index (χ3v) is 3.64. The highest BCUT2D eigenvalue weighted by Gasteiger charge is 2.14. The number of nitrogens with zero attached hydrogens (tertiary/aromatic N) is 3. The highest BCUT2D eigenvalue weighted by Crippen LogP contribution is 2.25. The molecule has 0 saturated carbocycles. The number of hydrogen-bond acceptors (Lipinski definition) is 3. The number of halogens is 1. The number of fused-ring (bicyclic) bond motifs is 1. The zero-order valence-electron chi connectivity index (χ0n) is 10.6. The number of rotatable bonds is 2.